The molecule has 0 atom stereocenters. The van der Waals surface area contributed by atoms with Crippen LogP contribution in [0.3, 0.4) is 0 Å². The zero-order valence-electron chi connectivity index (χ0n) is 9.90. The van der Waals surface area contributed by atoms with Crippen molar-refractivity contribution in [2.24, 2.45) is 0 Å². The van der Waals surface area contributed by atoms with Gasteiger partial charge in [-0.25, -0.2) is 0 Å². The van der Waals surface area contributed by atoms with Crippen LogP contribution in [-0.4, -0.2) is 24.5 Å². The molecule has 90 valence electrons. The first-order valence-electron chi connectivity index (χ1n) is 6.22. The molecule has 0 amide bonds. The minimum Gasteiger partial charge on any atom is -0.483 e. The molecule has 18 heavy (non-hydrogen) atoms. The summed E-state index contributed by atoms with van der Waals surface area (Å²) in [6.07, 6.45) is 0.491. The van der Waals surface area contributed by atoms with Gasteiger partial charge in [0.15, 0.2) is 5.78 Å². The van der Waals surface area contributed by atoms with Gasteiger partial charge in [0, 0.05) is 18.5 Å². The summed E-state index contributed by atoms with van der Waals surface area (Å²) in [5.41, 5.74) is 0.431. The van der Waals surface area contributed by atoms with E-state index in [-0.39, 0.29) is 11.4 Å². The molecule has 3 heteroatoms. The van der Waals surface area contributed by atoms with E-state index in [1.165, 1.54) is 0 Å². The van der Waals surface area contributed by atoms with Crippen molar-refractivity contribution >= 4 is 16.6 Å². The Hall–Kier alpha value is -1.87. The van der Waals surface area contributed by atoms with Gasteiger partial charge in [0.1, 0.15) is 11.4 Å². The number of carbonyl (C=O) groups excluding carboxylic acids is 1. The fourth-order valence-corrected chi connectivity index (χ4v) is 2.81. The van der Waals surface area contributed by atoms with E-state index in [1.54, 1.807) is 0 Å². The Morgan fingerprint density at radius 3 is 2.72 bits per heavy atom. The van der Waals surface area contributed by atoms with Crippen molar-refractivity contribution in [3.05, 3.63) is 42.0 Å². The fourth-order valence-electron chi connectivity index (χ4n) is 2.81. The number of ketones is 1. The van der Waals surface area contributed by atoms with E-state index in [4.69, 9.17) is 4.74 Å². The van der Waals surface area contributed by atoms with E-state index < -0.39 is 0 Å². The highest BCUT2D eigenvalue weighted by Crippen LogP contribution is 2.40. The van der Waals surface area contributed by atoms with E-state index in [1.807, 2.05) is 36.4 Å². The number of ether oxygens (including phenoxy) is 1. The summed E-state index contributed by atoms with van der Waals surface area (Å²) in [4.78, 5) is 12.2. The number of Topliss-reactive ketones (excluding diaryl/α,β-unsaturated/α-hetero) is 1. The van der Waals surface area contributed by atoms with Crippen LogP contribution < -0.4 is 10.1 Å². The second-order valence-corrected chi connectivity index (χ2v) is 5.15. The van der Waals surface area contributed by atoms with Gasteiger partial charge in [-0.3, -0.25) is 4.79 Å². The van der Waals surface area contributed by atoms with Gasteiger partial charge in [0.25, 0.3) is 0 Å². The Balaban J connectivity index is 1.97. The third-order valence-corrected chi connectivity index (χ3v) is 3.88. The summed E-state index contributed by atoms with van der Waals surface area (Å²) >= 11 is 0. The third-order valence-electron chi connectivity index (χ3n) is 3.88. The lowest BCUT2D eigenvalue weighted by Crippen LogP contribution is -2.65. The summed E-state index contributed by atoms with van der Waals surface area (Å²) in [5.74, 6) is 0.967. The maximum atomic E-state index is 12.2. The number of fused-ring (bicyclic) bond motifs is 3. The molecular formula is C15H13NO2. The Morgan fingerprint density at radius 2 is 1.94 bits per heavy atom. The molecule has 2 heterocycles. The second kappa shape index (κ2) is 3.33. The normalized spacial score (nSPS) is 20.3. The van der Waals surface area contributed by atoms with Crippen molar-refractivity contribution in [2.45, 2.75) is 12.0 Å². The van der Waals surface area contributed by atoms with Gasteiger partial charge in [-0.15, -0.1) is 0 Å². The number of nitrogens with one attached hydrogen (secondary N) is 1. The molecule has 1 fully saturated rings. The van der Waals surface area contributed by atoms with Gasteiger partial charge in [0.05, 0.1) is 12.0 Å². The molecule has 0 saturated carbocycles. The molecule has 1 spiro atoms. The molecule has 0 bridgehead atoms. The van der Waals surface area contributed by atoms with E-state index >= 15 is 0 Å². The number of benzene rings is 2. The predicted octanol–water partition coefficient (Wildman–Crippen LogP) is 2.15. The van der Waals surface area contributed by atoms with Gasteiger partial charge in [-0.05, 0) is 11.5 Å². The molecule has 0 aromatic heterocycles. The first-order valence-corrected chi connectivity index (χ1v) is 6.22. The molecule has 2 aliphatic rings. The van der Waals surface area contributed by atoms with Crippen LogP contribution in [0, 0.1) is 0 Å². The third kappa shape index (κ3) is 1.25. The Morgan fingerprint density at radius 1 is 1.11 bits per heavy atom. The zero-order valence-corrected chi connectivity index (χ0v) is 9.90. The number of carbonyl (C=O) groups is 1. The molecule has 4 rings (SSSR count). The fraction of sp³-hybridized carbons (Fsp3) is 0.267. The lowest BCUT2D eigenvalue weighted by Gasteiger charge is -2.45. The van der Waals surface area contributed by atoms with E-state index in [9.17, 15) is 4.79 Å². The second-order valence-electron chi connectivity index (χ2n) is 5.15. The van der Waals surface area contributed by atoms with Crippen LogP contribution in [0.4, 0.5) is 0 Å². The van der Waals surface area contributed by atoms with Gasteiger partial charge < -0.3 is 10.1 Å². The topological polar surface area (TPSA) is 38.3 Å². The highest BCUT2D eigenvalue weighted by atomic mass is 16.5. The van der Waals surface area contributed by atoms with Crippen molar-refractivity contribution < 1.29 is 9.53 Å². The zero-order chi connectivity index (χ0) is 12.2. The standard InChI is InChI=1S/C15H13NO2/c17-13-7-15(8-16-9-15)18-14-11-4-2-1-3-10(11)5-6-12(13)14/h1-6,16H,7-9H2. The monoisotopic (exact) mass is 239 g/mol. The molecule has 0 unspecified atom stereocenters. The average molecular weight is 239 g/mol. The van der Waals surface area contributed by atoms with E-state index in [0.717, 1.165) is 35.2 Å². The summed E-state index contributed by atoms with van der Waals surface area (Å²) in [7, 11) is 0. The molecule has 0 radical (unpaired) electrons. The van der Waals surface area contributed by atoms with Gasteiger partial charge in [-0.1, -0.05) is 30.3 Å². The molecule has 3 nitrogen and oxygen atoms in total. The van der Waals surface area contributed by atoms with Crippen molar-refractivity contribution in [1.82, 2.24) is 5.32 Å². The molecule has 1 N–H and O–H groups in total. The Kier molecular flexibility index (Phi) is 1.87. The summed E-state index contributed by atoms with van der Waals surface area (Å²) in [6.45, 7) is 1.53. The number of rotatable bonds is 0. The maximum Gasteiger partial charge on any atom is 0.170 e. The van der Waals surface area contributed by atoms with Crippen LogP contribution in [0.2, 0.25) is 0 Å². The quantitative estimate of drug-likeness (QED) is 0.765. The average Bonchev–Trinajstić information content (AvgIpc) is 2.36. The van der Waals surface area contributed by atoms with E-state index in [0.29, 0.717) is 6.42 Å². The largest absolute Gasteiger partial charge is 0.483 e. The molecule has 2 aliphatic heterocycles. The van der Waals surface area contributed by atoms with Crippen molar-refractivity contribution in [2.75, 3.05) is 13.1 Å². The van der Waals surface area contributed by atoms with Crippen molar-refractivity contribution in [1.29, 1.82) is 0 Å². The van der Waals surface area contributed by atoms with E-state index in [2.05, 4.69) is 5.32 Å². The molecule has 1 saturated heterocycles. The first-order chi connectivity index (χ1) is 8.77. The molecular weight excluding hydrogens is 226 g/mol. The Labute approximate surface area is 105 Å². The van der Waals surface area contributed by atoms with Crippen LogP contribution in [-0.2, 0) is 0 Å². The number of hydrogen-bond donors (Lipinski definition) is 1. The minimum atomic E-state index is -0.297. The van der Waals surface area contributed by atoms with Crippen LogP contribution in [0.1, 0.15) is 16.8 Å². The molecule has 2 aromatic rings. The van der Waals surface area contributed by atoms with Crippen LogP contribution in [0.5, 0.6) is 5.75 Å². The Bertz CT molecular complexity index is 659. The minimum absolute atomic E-state index is 0.198. The predicted molar refractivity (Wildman–Crippen MR) is 69.1 cm³/mol. The first kappa shape index (κ1) is 10.1. The number of hydrogen-bond acceptors (Lipinski definition) is 3. The summed E-state index contributed by atoms with van der Waals surface area (Å²) in [5, 5.41) is 5.35. The van der Waals surface area contributed by atoms with Crippen LogP contribution in [0.15, 0.2) is 36.4 Å². The van der Waals surface area contributed by atoms with Crippen molar-refractivity contribution in [3.8, 4) is 5.75 Å². The highest BCUT2D eigenvalue weighted by molar-refractivity contribution is 6.06. The van der Waals surface area contributed by atoms with Crippen LogP contribution >= 0.6 is 0 Å². The maximum absolute atomic E-state index is 12.2. The summed E-state index contributed by atoms with van der Waals surface area (Å²) < 4.78 is 6.16. The smallest absolute Gasteiger partial charge is 0.170 e. The summed E-state index contributed by atoms with van der Waals surface area (Å²) in [6, 6.07) is 11.9. The highest BCUT2D eigenvalue weighted by Gasteiger charge is 2.45. The lowest BCUT2D eigenvalue weighted by atomic mass is 9.84. The molecule has 2 aromatic carbocycles. The SMILES string of the molecule is O=C1CC2(CNC2)Oc2c1ccc1ccccc21. The van der Waals surface area contributed by atoms with Gasteiger partial charge >= 0.3 is 0 Å². The molecule has 0 aliphatic carbocycles. The lowest BCUT2D eigenvalue weighted by molar-refractivity contribution is 0.00371. The van der Waals surface area contributed by atoms with Gasteiger partial charge in [-0.2, -0.15) is 0 Å². The van der Waals surface area contributed by atoms with Crippen molar-refractivity contribution in [3.63, 3.8) is 0 Å². The van der Waals surface area contributed by atoms with Crippen LogP contribution in [0.25, 0.3) is 10.8 Å². The van der Waals surface area contributed by atoms with Gasteiger partial charge in [0.2, 0.25) is 0 Å².